The Morgan fingerprint density at radius 1 is 1.06 bits per heavy atom. The molecular formula is C21H20N6O4S. The van der Waals surface area contributed by atoms with Gasteiger partial charge in [-0.15, -0.1) is 15.3 Å². The quantitative estimate of drug-likeness (QED) is 0.279. The molecule has 0 fully saturated rings. The smallest absolute Gasteiger partial charge is 0.326 e. The van der Waals surface area contributed by atoms with E-state index in [1.165, 1.54) is 4.90 Å². The van der Waals surface area contributed by atoms with Crippen LogP contribution in [0.1, 0.15) is 12.8 Å². The topological polar surface area (TPSA) is 116 Å². The SMILES string of the molecule is CCOC(=O)CN(C(=O)CSc1nnc(Cn2nnc3ccccc32)o1)c1ccccc1. The third-order valence-corrected chi connectivity index (χ3v) is 5.24. The van der Waals surface area contributed by atoms with Gasteiger partial charge < -0.3 is 14.1 Å². The first-order chi connectivity index (χ1) is 15.6. The van der Waals surface area contributed by atoms with Crippen LogP contribution in [0, 0.1) is 0 Å². The molecule has 1 amide bonds. The lowest BCUT2D eigenvalue weighted by Crippen LogP contribution is -2.37. The molecule has 2 aromatic carbocycles. The zero-order chi connectivity index (χ0) is 22.3. The molecule has 0 radical (unpaired) electrons. The number of hydrogen-bond acceptors (Lipinski definition) is 9. The highest BCUT2D eigenvalue weighted by molar-refractivity contribution is 7.99. The van der Waals surface area contributed by atoms with Crippen molar-refractivity contribution in [3.63, 3.8) is 0 Å². The van der Waals surface area contributed by atoms with Crippen LogP contribution in [-0.4, -0.2) is 56.0 Å². The Bertz CT molecular complexity index is 1210. The van der Waals surface area contributed by atoms with Crippen LogP contribution in [0.5, 0.6) is 0 Å². The third-order valence-electron chi connectivity index (χ3n) is 4.43. The molecule has 32 heavy (non-hydrogen) atoms. The first-order valence-electron chi connectivity index (χ1n) is 9.88. The summed E-state index contributed by atoms with van der Waals surface area (Å²) in [5.41, 5.74) is 2.23. The Labute approximate surface area is 187 Å². The molecule has 164 valence electrons. The zero-order valence-corrected chi connectivity index (χ0v) is 18.1. The number of ether oxygens (including phenoxy) is 1. The summed E-state index contributed by atoms with van der Waals surface area (Å²) in [6.07, 6.45) is 0. The van der Waals surface area contributed by atoms with Gasteiger partial charge in [-0.2, -0.15) is 0 Å². The number of thioether (sulfide) groups is 1. The molecule has 11 heteroatoms. The number of para-hydroxylation sites is 2. The van der Waals surface area contributed by atoms with E-state index in [-0.39, 0.29) is 36.6 Å². The summed E-state index contributed by atoms with van der Waals surface area (Å²) < 4.78 is 12.3. The highest BCUT2D eigenvalue weighted by atomic mass is 32.2. The number of nitrogens with zero attached hydrogens (tertiary/aromatic N) is 6. The second-order valence-electron chi connectivity index (χ2n) is 6.61. The molecule has 0 atom stereocenters. The molecule has 2 aromatic heterocycles. The molecule has 0 N–H and O–H groups in total. The van der Waals surface area contributed by atoms with Crippen molar-refractivity contribution in [2.24, 2.45) is 0 Å². The highest BCUT2D eigenvalue weighted by Gasteiger charge is 2.21. The van der Waals surface area contributed by atoms with Crippen LogP contribution in [0.15, 0.2) is 64.2 Å². The van der Waals surface area contributed by atoms with E-state index < -0.39 is 5.97 Å². The summed E-state index contributed by atoms with van der Waals surface area (Å²) in [5.74, 6) is -0.393. The Hall–Kier alpha value is -3.73. The van der Waals surface area contributed by atoms with Crippen LogP contribution in [0.2, 0.25) is 0 Å². The number of rotatable bonds is 9. The van der Waals surface area contributed by atoms with E-state index in [9.17, 15) is 9.59 Å². The van der Waals surface area contributed by atoms with Gasteiger partial charge in [-0.3, -0.25) is 9.59 Å². The standard InChI is InChI=1S/C21H20N6O4S/c1-2-30-20(29)13-26(15-8-4-3-5-9-15)19(28)14-32-21-24-23-18(31-21)12-27-17-11-7-6-10-16(17)22-25-27/h3-11H,2,12-14H2,1H3. The molecule has 0 unspecified atom stereocenters. The summed E-state index contributed by atoms with van der Waals surface area (Å²) in [6, 6.07) is 16.5. The maximum absolute atomic E-state index is 12.9. The van der Waals surface area contributed by atoms with Crippen molar-refractivity contribution in [1.82, 2.24) is 25.2 Å². The third kappa shape index (κ3) is 5.11. The summed E-state index contributed by atoms with van der Waals surface area (Å²) in [5, 5.41) is 16.5. The van der Waals surface area contributed by atoms with Crippen molar-refractivity contribution >= 4 is 40.4 Å². The summed E-state index contributed by atoms with van der Waals surface area (Å²) in [4.78, 5) is 26.2. The van der Waals surface area contributed by atoms with Gasteiger partial charge in [0.2, 0.25) is 11.8 Å². The first kappa shape index (κ1) is 21.5. The largest absolute Gasteiger partial charge is 0.465 e. The van der Waals surface area contributed by atoms with Crippen molar-refractivity contribution in [3.8, 4) is 0 Å². The molecule has 2 heterocycles. The van der Waals surface area contributed by atoms with Gasteiger partial charge in [0.25, 0.3) is 5.22 Å². The van der Waals surface area contributed by atoms with E-state index in [2.05, 4.69) is 20.5 Å². The van der Waals surface area contributed by atoms with Crippen LogP contribution in [0.25, 0.3) is 11.0 Å². The van der Waals surface area contributed by atoms with Gasteiger partial charge in [-0.25, -0.2) is 4.68 Å². The van der Waals surface area contributed by atoms with Crippen molar-refractivity contribution < 1.29 is 18.7 Å². The van der Waals surface area contributed by atoms with Crippen LogP contribution in [0.3, 0.4) is 0 Å². The van der Waals surface area contributed by atoms with E-state index in [1.807, 2.05) is 30.3 Å². The van der Waals surface area contributed by atoms with E-state index in [0.29, 0.717) is 11.6 Å². The summed E-state index contributed by atoms with van der Waals surface area (Å²) in [6.45, 7) is 2.06. The lowest BCUT2D eigenvalue weighted by atomic mass is 10.3. The number of hydrogen-bond donors (Lipinski definition) is 0. The number of benzene rings is 2. The number of anilines is 1. The lowest BCUT2D eigenvalue weighted by molar-refractivity contribution is -0.142. The van der Waals surface area contributed by atoms with Gasteiger partial charge in [-0.1, -0.05) is 47.3 Å². The summed E-state index contributed by atoms with van der Waals surface area (Å²) >= 11 is 1.10. The van der Waals surface area contributed by atoms with E-state index in [1.54, 1.807) is 35.9 Å². The number of esters is 1. The second-order valence-corrected chi connectivity index (χ2v) is 7.53. The number of carbonyl (C=O) groups excluding carboxylic acids is 2. The highest BCUT2D eigenvalue weighted by Crippen LogP contribution is 2.21. The molecule has 0 aliphatic rings. The van der Waals surface area contributed by atoms with Gasteiger partial charge in [-0.05, 0) is 31.2 Å². The van der Waals surface area contributed by atoms with Crippen molar-refractivity contribution in [3.05, 3.63) is 60.5 Å². The molecule has 0 bridgehead atoms. The van der Waals surface area contributed by atoms with Crippen molar-refractivity contribution in [2.45, 2.75) is 18.7 Å². The van der Waals surface area contributed by atoms with E-state index in [0.717, 1.165) is 22.8 Å². The van der Waals surface area contributed by atoms with Gasteiger partial charge >= 0.3 is 5.97 Å². The fourth-order valence-corrected chi connectivity index (χ4v) is 3.65. The Morgan fingerprint density at radius 2 is 1.84 bits per heavy atom. The predicted octanol–water partition coefficient (Wildman–Crippen LogP) is 2.55. The lowest BCUT2D eigenvalue weighted by Gasteiger charge is -2.21. The van der Waals surface area contributed by atoms with Gasteiger partial charge in [0.1, 0.15) is 18.6 Å². The first-order valence-corrected chi connectivity index (χ1v) is 10.9. The van der Waals surface area contributed by atoms with Gasteiger partial charge in [0.15, 0.2) is 0 Å². The fraction of sp³-hybridized carbons (Fsp3) is 0.238. The van der Waals surface area contributed by atoms with Crippen LogP contribution in [0.4, 0.5) is 5.69 Å². The molecule has 0 aliphatic carbocycles. The van der Waals surface area contributed by atoms with Gasteiger partial charge in [0, 0.05) is 5.69 Å². The minimum absolute atomic E-state index is 0.0161. The number of fused-ring (bicyclic) bond motifs is 1. The van der Waals surface area contributed by atoms with Gasteiger partial charge in [0.05, 0.1) is 17.9 Å². The molecule has 10 nitrogen and oxygen atoms in total. The molecule has 4 aromatic rings. The fourth-order valence-electron chi connectivity index (χ4n) is 2.99. The monoisotopic (exact) mass is 452 g/mol. The molecule has 0 saturated heterocycles. The molecule has 4 rings (SSSR count). The molecule has 0 spiro atoms. The average molecular weight is 452 g/mol. The number of aromatic nitrogens is 5. The second kappa shape index (κ2) is 10.1. The maximum atomic E-state index is 12.9. The number of amides is 1. The predicted molar refractivity (Wildman–Crippen MR) is 117 cm³/mol. The van der Waals surface area contributed by atoms with E-state index in [4.69, 9.17) is 9.15 Å². The molecular weight excluding hydrogens is 432 g/mol. The van der Waals surface area contributed by atoms with Crippen molar-refractivity contribution in [2.75, 3.05) is 23.8 Å². The minimum atomic E-state index is -0.477. The minimum Gasteiger partial charge on any atom is -0.465 e. The Balaban J connectivity index is 1.40. The molecule has 0 aliphatic heterocycles. The summed E-state index contributed by atoms with van der Waals surface area (Å²) in [7, 11) is 0. The average Bonchev–Trinajstić information content (AvgIpc) is 3.44. The normalized spacial score (nSPS) is 10.9. The maximum Gasteiger partial charge on any atom is 0.326 e. The Kier molecular flexibility index (Phi) is 6.75. The van der Waals surface area contributed by atoms with Crippen LogP contribution in [-0.2, 0) is 20.9 Å². The van der Waals surface area contributed by atoms with Crippen molar-refractivity contribution in [1.29, 1.82) is 0 Å². The Morgan fingerprint density at radius 3 is 2.66 bits per heavy atom. The van der Waals surface area contributed by atoms with Crippen LogP contribution >= 0.6 is 11.8 Å². The number of carbonyl (C=O) groups is 2. The van der Waals surface area contributed by atoms with Crippen LogP contribution < -0.4 is 4.90 Å². The van der Waals surface area contributed by atoms with E-state index >= 15 is 0 Å². The molecule has 0 saturated carbocycles. The zero-order valence-electron chi connectivity index (χ0n) is 17.2.